The first kappa shape index (κ1) is 19.6. The average molecular weight is 456 g/mol. The Bertz CT molecular complexity index is 1040. The van der Waals surface area contributed by atoms with E-state index in [1.165, 1.54) is 12.3 Å². The van der Waals surface area contributed by atoms with Gasteiger partial charge >= 0.3 is 0 Å². The molecule has 0 fully saturated rings. The molecule has 0 spiro atoms. The van der Waals surface area contributed by atoms with E-state index in [-0.39, 0.29) is 17.1 Å². The molecule has 9 heteroatoms. The third kappa shape index (κ3) is 4.08. The molecule has 0 aliphatic rings. The van der Waals surface area contributed by atoms with Gasteiger partial charge in [0.2, 0.25) is 5.78 Å². The van der Waals surface area contributed by atoms with Crippen LogP contribution in [0.4, 0.5) is 14.5 Å². The lowest BCUT2D eigenvalue weighted by Crippen LogP contribution is -2.14. The predicted molar refractivity (Wildman–Crippen MR) is 105 cm³/mol. The van der Waals surface area contributed by atoms with E-state index in [1.54, 1.807) is 12.3 Å². The van der Waals surface area contributed by atoms with Crippen LogP contribution < -0.4 is 5.32 Å². The summed E-state index contributed by atoms with van der Waals surface area (Å²) in [6.45, 7) is 1.89. The zero-order valence-corrected chi connectivity index (χ0v) is 16.7. The number of benzene rings is 1. The number of aromatic amines is 1. The average Bonchev–Trinajstić information content (AvgIpc) is 3.04. The second kappa shape index (κ2) is 8.26. The predicted octanol–water partition coefficient (Wildman–Crippen LogP) is 4.36. The summed E-state index contributed by atoms with van der Waals surface area (Å²) in [7, 11) is -1.18. The summed E-state index contributed by atoms with van der Waals surface area (Å²) in [5.41, 5.74) is -0.180. The number of anilines is 1. The Morgan fingerprint density at radius 2 is 2.15 bits per heavy atom. The minimum Gasteiger partial charge on any atom is -0.371 e. The molecule has 0 saturated heterocycles. The van der Waals surface area contributed by atoms with Crippen LogP contribution in [-0.2, 0) is 10.8 Å². The molecule has 2 aromatic heterocycles. The SMILES string of the molecule is CCCS(=O)CNc1ccc(F)c(C(=O)c2c[nH]c3ncc(Br)cc23)c1F. The van der Waals surface area contributed by atoms with Crippen molar-refractivity contribution in [2.45, 2.75) is 13.3 Å². The highest BCUT2D eigenvalue weighted by Crippen LogP contribution is 2.27. The number of carbonyl (C=O) groups is 1. The largest absolute Gasteiger partial charge is 0.371 e. The number of H-pyrrole nitrogens is 1. The van der Waals surface area contributed by atoms with Gasteiger partial charge in [0.25, 0.3) is 0 Å². The molecule has 3 aromatic rings. The third-order valence-electron chi connectivity index (χ3n) is 3.92. The van der Waals surface area contributed by atoms with E-state index >= 15 is 0 Å². The van der Waals surface area contributed by atoms with Crippen LogP contribution in [0, 0.1) is 11.6 Å². The summed E-state index contributed by atoms with van der Waals surface area (Å²) >= 11 is 3.27. The maximum atomic E-state index is 14.8. The molecule has 1 unspecified atom stereocenters. The topological polar surface area (TPSA) is 74.8 Å². The van der Waals surface area contributed by atoms with E-state index in [9.17, 15) is 17.8 Å². The number of fused-ring (bicyclic) bond motifs is 1. The van der Waals surface area contributed by atoms with Crippen molar-refractivity contribution in [1.29, 1.82) is 0 Å². The van der Waals surface area contributed by atoms with Crippen molar-refractivity contribution < 1.29 is 17.8 Å². The molecule has 142 valence electrons. The Morgan fingerprint density at radius 1 is 1.37 bits per heavy atom. The molecule has 2 heterocycles. The molecule has 0 radical (unpaired) electrons. The van der Waals surface area contributed by atoms with E-state index < -0.39 is 33.8 Å². The standard InChI is InChI=1S/C18H16BrF2N3O2S/c1-2-5-27(26)9-24-14-4-3-13(20)15(16(14)21)17(25)12-8-23-18-11(12)6-10(19)7-22-18/h3-4,6-8,24H,2,5,9H2,1H3,(H,22,23). The molecule has 0 saturated carbocycles. The lowest BCUT2D eigenvalue weighted by Gasteiger charge is -2.11. The normalized spacial score (nSPS) is 12.3. The summed E-state index contributed by atoms with van der Waals surface area (Å²) in [5, 5.41) is 3.14. The maximum Gasteiger partial charge on any atom is 0.201 e. The molecule has 0 amide bonds. The second-order valence-electron chi connectivity index (χ2n) is 5.83. The zero-order chi connectivity index (χ0) is 19.6. The van der Waals surface area contributed by atoms with Crippen molar-refractivity contribution in [2.75, 3.05) is 16.9 Å². The Kier molecular flexibility index (Phi) is 6.01. The number of ketones is 1. The van der Waals surface area contributed by atoms with Gasteiger partial charge in [0.15, 0.2) is 5.82 Å². The number of hydrogen-bond donors (Lipinski definition) is 2. The molecule has 27 heavy (non-hydrogen) atoms. The van der Waals surface area contributed by atoms with Gasteiger partial charge < -0.3 is 10.3 Å². The highest BCUT2D eigenvalue weighted by atomic mass is 79.9. The third-order valence-corrected chi connectivity index (χ3v) is 5.68. The van der Waals surface area contributed by atoms with Gasteiger partial charge in [-0.2, -0.15) is 0 Å². The fourth-order valence-electron chi connectivity index (χ4n) is 2.66. The van der Waals surface area contributed by atoms with Gasteiger partial charge in [0.1, 0.15) is 11.5 Å². The van der Waals surface area contributed by atoms with E-state index in [2.05, 4.69) is 31.2 Å². The van der Waals surface area contributed by atoms with Crippen LogP contribution in [0.2, 0.25) is 0 Å². The van der Waals surface area contributed by atoms with Gasteiger partial charge in [-0.05, 0) is 40.5 Å². The number of nitrogens with zero attached hydrogens (tertiary/aromatic N) is 1. The van der Waals surface area contributed by atoms with Crippen LogP contribution >= 0.6 is 15.9 Å². The molecule has 0 aliphatic carbocycles. The number of nitrogens with one attached hydrogen (secondary N) is 2. The van der Waals surface area contributed by atoms with Crippen molar-refractivity contribution in [3.63, 3.8) is 0 Å². The van der Waals surface area contributed by atoms with Gasteiger partial charge in [0, 0.05) is 44.4 Å². The molecule has 5 nitrogen and oxygen atoms in total. The Morgan fingerprint density at radius 3 is 2.89 bits per heavy atom. The van der Waals surface area contributed by atoms with Crippen molar-refractivity contribution in [3.05, 3.63) is 57.8 Å². The summed E-state index contributed by atoms with van der Waals surface area (Å²) in [6, 6.07) is 3.86. The van der Waals surface area contributed by atoms with E-state index in [1.807, 2.05) is 6.92 Å². The first-order valence-electron chi connectivity index (χ1n) is 8.16. The van der Waals surface area contributed by atoms with Crippen LogP contribution in [0.5, 0.6) is 0 Å². The number of carbonyl (C=O) groups excluding carboxylic acids is 1. The quantitative estimate of drug-likeness (QED) is 0.518. The van der Waals surface area contributed by atoms with Crippen molar-refractivity contribution in [1.82, 2.24) is 9.97 Å². The van der Waals surface area contributed by atoms with Crippen LogP contribution in [0.1, 0.15) is 29.3 Å². The molecule has 3 rings (SSSR count). The number of pyridine rings is 1. The van der Waals surface area contributed by atoms with E-state index in [4.69, 9.17) is 0 Å². The number of halogens is 3. The minimum absolute atomic E-state index is 0.0218. The Balaban J connectivity index is 1.97. The molecule has 0 aliphatic heterocycles. The first-order valence-corrected chi connectivity index (χ1v) is 10.4. The molecular weight excluding hydrogens is 440 g/mol. The zero-order valence-electron chi connectivity index (χ0n) is 14.3. The summed E-state index contributed by atoms with van der Waals surface area (Å²) in [4.78, 5) is 19.8. The monoisotopic (exact) mass is 455 g/mol. The van der Waals surface area contributed by atoms with Gasteiger partial charge in [-0.3, -0.25) is 9.00 Å². The van der Waals surface area contributed by atoms with Crippen molar-refractivity contribution in [2.24, 2.45) is 0 Å². The highest BCUT2D eigenvalue weighted by Gasteiger charge is 2.24. The number of aromatic nitrogens is 2. The summed E-state index contributed by atoms with van der Waals surface area (Å²) in [5.74, 6) is -2.28. The van der Waals surface area contributed by atoms with E-state index in [0.29, 0.717) is 21.3 Å². The van der Waals surface area contributed by atoms with Crippen LogP contribution in [-0.4, -0.2) is 31.6 Å². The summed E-state index contributed by atoms with van der Waals surface area (Å²) < 4.78 is 41.5. The lowest BCUT2D eigenvalue weighted by molar-refractivity contribution is 0.103. The Labute approximate surface area is 165 Å². The minimum atomic E-state index is -1.18. The van der Waals surface area contributed by atoms with Crippen molar-refractivity contribution in [3.8, 4) is 0 Å². The molecule has 0 bridgehead atoms. The number of rotatable bonds is 7. The van der Waals surface area contributed by atoms with Gasteiger partial charge in [-0.1, -0.05) is 6.92 Å². The molecule has 1 aromatic carbocycles. The fourth-order valence-corrected chi connectivity index (χ4v) is 3.90. The van der Waals surface area contributed by atoms with Gasteiger partial charge in [0.05, 0.1) is 17.1 Å². The molecule has 1 atom stereocenters. The number of hydrogen-bond acceptors (Lipinski definition) is 4. The van der Waals surface area contributed by atoms with Crippen molar-refractivity contribution >= 4 is 49.2 Å². The second-order valence-corrected chi connectivity index (χ2v) is 8.32. The van der Waals surface area contributed by atoms with Crippen LogP contribution in [0.25, 0.3) is 11.0 Å². The highest BCUT2D eigenvalue weighted by molar-refractivity contribution is 9.10. The molecular formula is C18H16BrF2N3O2S. The fraction of sp³-hybridized carbons (Fsp3) is 0.222. The van der Waals surface area contributed by atoms with E-state index in [0.717, 1.165) is 12.5 Å². The van der Waals surface area contributed by atoms with Crippen LogP contribution in [0.3, 0.4) is 0 Å². The molecule has 2 N–H and O–H groups in total. The van der Waals surface area contributed by atoms with Gasteiger partial charge in [-0.15, -0.1) is 0 Å². The van der Waals surface area contributed by atoms with Gasteiger partial charge in [-0.25, -0.2) is 13.8 Å². The maximum absolute atomic E-state index is 14.8. The Hall–Kier alpha value is -2.13. The first-order chi connectivity index (χ1) is 12.9. The smallest absolute Gasteiger partial charge is 0.201 e. The lowest BCUT2D eigenvalue weighted by atomic mass is 10.0. The summed E-state index contributed by atoms with van der Waals surface area (Å²) in [6.07, 6.45) is 3.66. The van der Waals surface area contributed by atoms with Crippen LogP contribution in [0.15, 0.2) is 35.1 Å².